The van der Waals surface area contributed by atoms with Crippen LogP contribution in [-0.2, 0) is 6.18 Å². The van der Waals surface area contributed by atoms with Crippen molar-refractivity contribution in [2.75, 3.05) is 11.9 Å². The molecule has 2 aromatic carbocycles. The summed E-state index contributed by atoms with van der Waals surface area (Å²) in [5, 5.41) is 11.0. The Labute approximate surface area is 130 Å². The Hall–Kier alpha value is -3.01. The van der Waals surface area contributed by atoms with E-state index < -0.39 is 17.6 Å². The number of carbonyl (C=O) groups is 1. The van der Waals surface area contributed by atoms with Crippen LogP contribution in [0.5, 0.6) is 5.75 Å². The number of anilines is 1. The van der Waals surface area contributed by atoms with Crippen LogP contribution in [0.1, 0.15) is 15.9 Å². The monoisotopic (exact) mass is 320 g/mol. The van der Waals surface area contributed by atoms with Crippen LogP contribution >= 0.6 is 0 Å². The van der Waals surface area contributed by atoms with Crippen LogP contribution in [0.25, 0.3) is 0 Å². The summed E-state index contributed by atoms with van der Waals surface area (Å²) in [6.07, 6.45) is -4.44. The third-order valence-corrected chi connectivity index (χ3v) is 2.89. The second-order valence-electron chi connectivity index (χ2n) is 4.50. The second kappa shape index (κ2) is 6.83. The van der Waals surface area contributed by atoms with Gasteiger partial charge in [-0.1, -0.05) is 0 Å². The third kappa shape index (κ3) is 4.48. The van der Waals surface area contributed by atoms with E-state index in [1.165, 1.54) is 0 Å². The van der Waals surface area contributed by atoms with Gasteiger partial charge in [-0.25, -0.2) is 0 Å². The van der Waals surface area contributed by atoms with Gasteiger partial charge in [0.15, 0.2) is 6.61 Å². The molecule has 0 aliphatic heterocycles. The summed E-state index contributed by atoms with van der Waals surface area (Å²) >= 11 is 0. The van der Waals surface area contributed by atoms with E-state index in [1.54, 1.807) is 24.3 Å². The number of rotatable bonds is 4. The summed E-state index contributed by atoms with van der Waals surface area (Å²) in [6, 6.07) is 12.0. The normalized spacial score (nSPS) is 10.7. The largest absolute Gasteiger partial charge is 0.479 e. The average Bonchev–Trinajstić information content (AvgIpc) is 2.53. The molecule has 0 spiro atoms. The second-order valence-corrected chi connectivity index (χ2v) is 4.50. The minimum absolute atomic E-state index is 0.0861. The molecule has 0 fully saturated rings. The number of carbonyl (C=O) groups excluding carboxylic acids is 1. The van der Waals surface area contributed by atoms with Crippen molar-refractivity contribution < 1.29 is 22.7 Å². The van der Waals surface area contributed by atoms with Gasteiger partial charge in [-0.05, 0) is 48.5 Å². The Morgan fingerprint density at radius 3 is 2.22 bits per heavy atom. The number of halogens is 3. The lowest BCUT2D eigenvalue weighted by Gasteiger charge is -2.09. The highest BCUT2D eigenvalue weighted by Crippen LogP contribution is 2.29. The molecule has 0 heterocycles. The van der Waals surface area contributed by atoms with E-state index in [4.69, 9.17) is 10.00 Å². The summed E-state index contributed by atoms with van der Waals surface area (Å²) in [5.41, 5.74) is -0.241. The molecule has 0 saturated heterocycles. The lowest BCUT2D eigenvalue weighted by molar-refractivity contribution is -0.137. The molecule has 23 heavy (non-hydrogen) atoms. The van der Waals surface area contributed by atoms with Crippen LogP contribution in [0.2, 0.25) is 0 Å². The number of nitriles is 1. The van der Waals surface area contributed by atoms with Crippen LogP contribution in [0.4, 0.5) is 18.9 Å². The molecule has 7 heteroatoms. The number of nitrogens with one attached hydrogen (secondary N) is 1. The van der Waals surface area contributed by atoms with Crippen LogP contribution in [0, 0.1) is 11.3 Å². The van der Waals surface area contributed by atoms with Crippen LogP contribution in [-0.4, -0.2) is 12.5 Å². The molecule has 2 rings (SSSR count). The van der Waals surface area contributed by atoms with Gasteiger partial charge in [-0.15, -0.1) is 0 Å². The number of benzene rings is 2. The van der Waals surface area contributed by atoms with Gasteiger partial charge in [0.05, 0.1) is 5.56 Å². The SMILES string of the molecule is N#CCOc1ccc(NC(=O)c2ccc(C(F)(F)F)cc2)cc1. The van der Waals surface area contributed by atoms with Crippen LogP contribution < -0.4 is 10.1 Å². The molecule has 0 bridgehead atoms. The van der Waals surface area contributed by atoms with Crippen molar-refractivity contribution in [2.45, 2.75) is 6.18 Å². The molecule has 4 nitrogen and oxygen atoms in total. The van der Waals surface area contributed by atoms with E-state index in [9.17, 15) is 18.0 Å². The van der Waals surface area contributed by atoms with Gasteiger partial charge in [0.2, 0.25) is 0 Å². The number of amides is 1. The maximum absolute atomic E-state index is 12.5. The number of alkyl halides is 3. The van der Waals surface area contributed by atoms with Crippen molar-refractivity contribution in [3.63, 3.8) is 0 Å². The predicted octanol–water partition coefficient (Wildman–Crippen LogP) is 3.86. The molecular weight excluding hydrogens is 309 g/mol. The molecule has 2 aromatic rings. The van der Waals surface area contributed by atoms with Crippen molar-refractivity contribution in [1.29, 1.82) is 5.26 Å². The lowest BCUT2D eigenvalue weighted by Crippen LogP contribution is -2.12. The summed E-state index contributed by atoms with van der Waals surface area (Å²) in [7, 11) is 0. The Bertz CT molecular complexity index is 717. The van der Waals surface area contributed by atoms with Gasteiger partial charge >= 0.3 is 6.18 Å². The first kappa shape index (κ1) is 16.4. The molecule has 0 aromatic heterocycles. The summed E-state index contributed by atoms with van der Waals surface area (Å²) < 4.78 is 42.4. The number of hydrogen-bond acceptors (Lipinski definition) is 3. The smallest absolute Gasteiger partial charge is 0.416 e. The first-order valence-corrected chi connectivity index (χ1v) is 6.48. The zero-order valence-corrected chi connectivity index (χ0v) is 11.7. The molecular formula is C16H11F3N2O2. The van der Waals surface area contributed by atoms with Crippen molar-refractivity contribution in [3.8, 4) is 11.8 Å². The quantitative estimate of drug-likeness (QED) is 0.930. The van der Waals surface area contributed by atoms with Gasteiger partial charge in [0.25, 0.3) is 5.91 Å². The molecule has 0 unspecified atom stereocenters. The highest BCUT2D eigenvalue weighted by atomic mass is 19.4. The van der Waals surface area contributed by atoms with Gasteiger partial charge in [0, 0.05) is 11.3 Å². The van der Waals surface area contributed by atoms with Crippen molar-refractivity contribution in [2.24, 2.45) is 0 Å². The zero-order chi connectivity index (χ0) is 16.9. The van der Waals surface area contributed by atoms with Crippen molar-refractivity contribution >= 4 is 11.6 Å². The van der Waals surface area contributed by atoms with Gasteiger partial charge < -0.3 is 10.1 Å². The van der Waals surface area contributed by atoms with E-state index in [1.807, 2.05) is 6.07 Å². The highest BCUT2D eigenvalue weighted by molar-refractivity contribution is 6.04. The van der Waals surface area contributed by atoms with Crippen molar-refractivity contribution in [1.82, 2.24) is 0 Å². The summed E-state index contributed by atoms with van der Waals surface area (Å²) in [6.45, 7) is -0.0861. The standard InChI is InChI=1S/C16H11F3N2O2/c17-16(18,19)12-3-1-11(2-4-12)15(22)21-13-5-7-14(8-6-13)23-10-9-20/h1-8H,10H2,(H,21,22). The molecule has 0 saturated carbocycles. The average molecular weight is 320 g/mol. The Kier molecular flexibility index (Phi) is 4.86. The lowest BCUT2D eigenvalue weighted by atomic mass is 10.1. The highest BCUT2D eigenvalue weighted by Gasteiger charge is 2.30. The Morgan fingerprint density at radius 2 is 1.70 bits per heavy atom. The van der Waals surface area contributed by atoms with E-state index in [2.05, 4.69) is 5.32 Å². The van der Waals surface area contributed by atoms with Crippen molar-refractivity contribution in [3.05, 3.63) is 59.7 Å². The molecule has 118 valence electrons. The number of nitrogens with zero attached hydrogens (tertiary/aromatic N) is 1. The molecule has 1 amide bonds. The van der Waals surface area contributed by atoms with Gasteiger partial charge in [-0.2, -0.15) is 18.4 Å². The van der Waals surface area contributed by atoms with E-state index in [0.717, 1.165) is 24.3 Å². The minimum Gasteiger partial charge on any atom is -0.479 e. The molecule has 0 aliphatic rings. The fourth-order valence-corrected chi connectivity index (χ4v) is 1.76. The molecule has 0 aliphatic carbocycles. The zero-order valence-electron chi connectivity index (χ0n) is 11.7. The maximum Gasteiger partial charge on any atom is 0.416 e. The van der Waals surface area contributed by atoms with E-state index in [-0.39, 0.29) is 12.2 Å². The third-order valence-electron chi connectivity index (χ3n) is 2.89. The van der Waals surface area contributed by atoms with Gasteiger partial charge in [-0.3, -0.25) is 4.79 Å². The van der Waals surface area contributed by atoms with Crippen LogP contribution in [0.3, 0.4) is 0 Å². The maximum atomic E-state index is 12.5. The first-order chi connectivity index (χ1) is 10.9. The fraction of sp³-hybridized carbons (Fsp3) is 0.125. The van der Waals surface area contributed by atoms with Crippen LogP contribution in [0.15, 0.2) is 48.5 Å². The Balaban J connectivity index is 2.03. The molecule has 1 N–H and O–H groups in total. The predicted molar refractivity (Wildman–Crippen MR) is 76.9 cm³/mol. The van der Waals surface area contributed by atoms with Gasteiger partial charge in [0.1, 0.15) is 11.8 Å². The van der Waals surface area contributed by atoms with E-state index in [0.29, 0.717) is 11.4 Å². The number of ether oxygens (including phenoxy) is 1. The van der Waals surface area contributed by atoms with E-state index >= 15 is 0 Å². The molecule has 0 radical (unpaired) electrons. The summed E-state index contributed by atoms with van der Waals surface area (Å²) in [5.74, 6) is -0.0523. The minimum atomic E-state index is -4.44. The first-order valence-electron chi connectivity index (χ1n) is 6.48. The topological polar surface area (TPSA) is 62.1 Å². The Morgan fingerprint density at radius 1 is 1.09 bits per heavy atom. The summed E-state index contributed by atoms with van der Waals surface area (Å²) in [4.78, 5) is 12.0. The molecule has 0 atom stereocenters. The number of hydrogen-bond donors (Lipinski definition) is 1. The fourth-order valence-electron chi connectivity index (χ4n) is 1.76.